The molecule has 0 spiro atoms. The number of carbonyl (C=O) groups is 1. The summed E-state index contributed by atoms with van der Waals surface area (Å²) < 4.78 is 1.16. The van der Waals surface area contributed by atoms with Crippen LogP contribution in [-0.4, -0.2) is 48.4 Å². The molecule has 1 aliphatic heterocycles. The standard InChI is InChI=1S/C13H17IN2O/c1-2-15-7-9-16(10-8-15)13(17)11-3-5-12(14)6-4-11/h3-6H,2,7-10H2,1H3. The Hall–Kier alpha value is -0.620. The molecule has 0 aromatic heterocycles. The molecule has 1 aromatic carbocycles. The van der Waals surface area contributed by atoms with Gasteiger partial charge in [-0.1, -0.05) is 6.92 Å². The monoisotopic (exact) mass is 344 g/mol. The normalized spacial score (nSPS) is 17.2. The third-order valence-corrected chi connectivity index (χ3v) is 3.92. The smallest absolute Gasteiger partial charge is 0.253 e. The van der Waals surface area contributed by atoms with Crippen molar-refractivity contribution in [3.05, 3.63) is 33.4 Å². The molecular weight excluding hydrogens is 327 g/mol. The fraction of sp³-hybridized carbons (Fsp3) is 0.462. The average molecular weight is 344 g/mol. The van der Waals surface area contributed by atoms with Gasteiger partial charge in [-0.15, -0.1) is 0 Å². The molecule has 92 valence electrons. The number of halogens is 1. The highest BCUT2D eigenvalue weighted by Gasteiger charge is 2.20. The zero-order chi connectivity index (χ0) is 12.3. The van der Waals surface area contributed by atoms with Crippen LogP contribution in [0.3, 0.4) is 0 Å². The van der Waals surface area contributed by atoms with Crippen molar-refractivity contribution in [3.8, 4) is 0 Å². The highest BCUT2D eigenvalue weighted by molar-refractivity contribution is 14.1. The highest BCUT2D eigenvalue weighted by atomic mass is 127. The van der Waals surface area contributed by atoms with Crippen LogP contribution in [0.25, 0.3) is 0 Å². The molecular formula is C13H17IN2O. The number of amides is 1. The fourth-order valence-electron chi connectivity index (χ4n) is 2.04. The van der Waals surface area contributed by atoms with Crippen molar-refractivity contribution in [1.82, 2.24) is 9.80 Å². The minimum Gasteiger partial charge on any atom is -0.336 e. The SMILES string of the molecule is CCN1CCN(C(=O)c2ccc(I)cc2)CC1. The van der Waals surface area contributed by atoms with Gasteiger partial charge in [0.2, 0.25) is 0 Å². The van der Waals surface area contributed by atoms with E-state index in [2.05, 4.69) is 34.4 Å². The molecule has 1 fully saturated rings. The maximum atomic E-state index is 12.2. The molecule has 1 aliphatic rings. The lowest BCUT2D eigenvalue weighted by Crippen LogP contribution is -2.48. The molecule has 0 radical (unpaired) electrons. The molecule has 1 heterocycles. The first kappa shape index (κ1) is 12.8. The summed E-state index contributed by atoms with van der Waals surface area (Å²) in [7, 11) is 0. The fourth-order valence-corrected chi connectivity index (χ4v) is 2.40. The van der Waals surface area contributed by atoms with E-state index in [9.17, 15) is 4.79 Å². The van der Waals surface area contributed by atoms with Gasteiger partial charge >= 0.3 is 0 Å². The van der Waals surface area contributed by atoms with Gasteiger partial charge in [-0.25, -0.2) is 0 Å². The summed E-state index contributed by atoms with van der Waals surface area (Å²) in [5.41, 5.74) is 0.801. The summed E-state index contributed by atoms with van der Waals surface area (Å²) in [6, 6.07) is 7.79. The van der Waals surface area contributed by atoms with Crippen molar-refractivity contribution in [2.75, 3.05) is 32.7 Å². The van der Waals surface area contributed by atoms with E-state index in [1.807, 2.05) is 29.2 Å². The second kappa shape index (κ2) is 5.82. The Morgan fingerprint density at radius 1 is 1.18 bits per heavy atom. The number of benzene rings is 1. The lowest BCUT2D eigenvalue weighted by atomic mass is 10.2. The van der Waals surface area contributed by atoms with Crippen molar-refractivity contribution in [2.24, 2.45) is 0 Å². The molecule has 1 aromatic rings. The summed E-state index contributed by atoms with van der Waals surface area (Å²) in [5, 5.41) is 0. The van der Waals surface area contributed by atoms with E-state index < -0.39 is 0 Å². The predicted octanol–water partition coefficient (Wildman–Crippen LogP) is 2.07. The number of piperazine rings is 1. The van der Waals surface area contributed by atoms with Crippen LogP contribution < -0.4 is 0 Å². The summed E-state index contributed by atoms with van der Waals surface area (Å²) in [6.07, 6.45) is 0. The molecule has 1 amide bonds. The van der Waals surface area contributed by atoms with Crippen molar-refractivity contribution in [1.29, 1.82) is 0 Å². The molecule has 0 saturated carbocycles. The first-order chi connectivity index (χ1) is 8.20. The number of hydrogen-bond donors (Lipinski definition) is 0. The lowest BCUT2D eigenvalue weighted by Gasteiger charge is -2.34. The van der Waals surface area contributed by atoms with Gasteiger partial charge in [-0.2, -0.15) is 0 Å². The molecule has 0 aliphatic carbocycles. The van der Waals surface area contributed by atoms with Crippen LogP contribution in [0.15, 0.2) is 24.3 Å². The topological polar surface area (TPSA) is 23.6 Å². The maximum absolute atomic E-state index is 12.2. The quantitative estimate of drug-likeness (QED) is 0.767. The van der Waals surface area contributed by atoms with Crippen LogP contribution in [0.5, 0.6) is 0 Å². The zero-order valence-electron chi connectivity index (χ0n) is 10.0. The Kier molecular flexibility index (Phi) is 4.39. The zero-order valence-corrected chi connectivity index (χ0v) is 12.2. The molecule has 0 unspecified atom stereocenters. The minimum atomic E-state index is 0.164. The van der Waals surface area contributed by atoms with Crippen LogP contribution in [0.2, 0.25) is 0 Å². The highest BCUT2D eigenvalue weighted by Crippen LogP contribution is 2.11. The van der Waals surface area contributed by atoms with Crippen LogP contribution in [0.4, 0.5) is 0 Å². The van der Waals surface area contributed by atoms with Crippen molar-refractivity contribution in [3.63, 3.8) is 0 Å². The molecule has 1 saturated heterocycles. The van der Waals surface area contributed by atoms with E-state index in [1.54, 1.807) is 0 Å². The van der Waals surface area contributed by atoms with E-state index in [-0.39, 0.29) is 5.91 Å². The van der Waals surface area contributed by atoms with E-state index in [1.165, 1.54) is 0 Å². The number of carbonyl (C=O) groups excluding carboxylic acids is 1. The molecule has 3 nitrogen and oxygen atoms in total. The third-order valence-electron chi connectivity index (χ3n) is 3.20. The Bertz CT molecular complexity index is 383. The Balaban J connectivity index is 1.99. The van der Waals surface area contributed by atoms with Crippen LogP contribution >= 0.6 is 22.6 Å². The van der Waals surface area contributed by atoms with Gasteiger partial charge in [-0.3, -0.25) is 4.79 Å². The average Bonchev–Trinajstić information content (AvgIpc) is 2.39. The van der Waals surface area contributed by atoms with Crippen molar-refractivity contribution < 1.29 is 4.79 Å². The Morgan fingerprint density at radius 2 is 1.76 bits per heavy atom. The number of hydrogen-bond acceptors (Lipinski definition) is 2. The van der Waals surface area contributed by atoms with E-state index in [4.69, 9.17) is 0 Å². The summed E-state index contributed by atoms with van der Waals surface area (Å²) >= 11 is 2.25. The van der Waals surface area contributed by atoms with Gasteiger partial charge in [-0.05, 0) is 53.4 Å². The predicted molar refractivity (Wildman–Crippen MR) is 77.2 cm³/mol. The van der Waals surface area contributed by atoms with Gasteiger partial charge < -0.3 is 9.80 Å². The minimum absolute atomic E-state index is 0.164. The number of rotatable bonds is 2. The first-order valence-electron chi connectivity index (χ1n) is 5.98. The lowest BCUT2D eigenvalue weighted by molar-refractivity contribution is 0.0643. The number of nitrogens with zero attached hydrogens (tertiary/aromatic N) is 2. The second-order valence-corrected chi connectivity index (χ2v) is 5.48. The second-order valence-electron chi connectivity index (χ2n) is 4.23. The van der Waals surface area contributed by atoms with Crippen molar-refractivity contribution in [2.45, 2.75) is 6.92 Å². The maximum Gasteiger partial charge on any atom is 0.253 e. The molecule has 0 bridgehead atoms. The first-order valence-corrected chi connectivity index (χ1v) is 7.06. The molecule has 0 atom stereocenters. The molecule has 4 heteroatoms. The molecule has 2 rings (SSSR count). The van der Waals surface area contributed by atoms with Gasteiger partial charge in [0.05, 0.1) is 0 Å². The summed E-state index contributed by atoms with van der Waals surface area (Å²) in [5.74, 6) is 0.164. The van der Waals surface area contributed by atoms with E-state index in [0.717, 1.165) is 41.9 Å². The Labute approximate surface area is 116 Å². The largest absolute Gasteiger partial charge is 0.336 e. The molecule has 17 heavy (non-hydrogen) atoms. The van der Waals surface area contributed by atoms with E-state index >= 15 is 0 Å². The van der Waals surface area contributed by atoms with Gasteiger partial charge in [0.15, 0.2) is 0 Å². The van der Waals surface area contributed by atoms with Gasteiger partial charge in [0.1, 0.15) is 0 Å². The summed E-state index contributed by atoms with van der Waals surface area (Å²) in [4.78, 5) is 16.5. The number of likely N-dealkylation sites (N-methyl/N-ethyl adjacent to an activating group) is 1. The third kappa shape index (κ3) is 3.19. The molecule has 0 N–H and O–H groups in total. The van der Waals surface area contributed by atoms with Crippen LogP contribution in [0, 0.1) is 3.57 Å². The van der Waals surface area contributed by atoms with E-state index in [0.29, 0.717) is 0 Å². The van der Waals surface area contributed by atoms with Gasteiger partial charge in [0, 0.05) is 35.3 Å². The van der Waals surface area contributed by atoms with Crippen molar-refractivity contribution >= 4 is 28.5 Å². The van der Waals surface area contributed by atoms with Crippen LogP contribution in [-0.2, 0) is 0 Å². The summed E-state index contributed by atoms with van der Waals surface area (Å²) in [6.45, 7) is 6.92. The Morgan fingerprint density at radius 3 is 2.29 bits per heavy atom. The van der Waals surface area contributed by atoms with Gasteiger partial charge in [0.25, 0.3) is 5.91 Å². The van der Waals surface area contributed by atoms with Crippen LogP contribution in [0.1, 0.15) is 17.3 Å².